The highest BCUT2D eigenvalue weighted by molar-refractivity contribution is 5.85. The summed E-state index contributed by atoms with van der Waals surface area (Å²) in [6.07, 6.45) is 5.78. The molecule has 0 atom stereocenters. The molecule has 2 aromatic rings. The average Bonchev–Trinajstić information content (AvgIpc) is 2.92. The van der Waals surface area contributed by atoms with E-state index in [-0.39, 0.29) is 12.4 Å². The molecule has 1 N–H and O–H groups in total. The second-order valence-corrected chi connectivity index (χ2v) is 4.35. The van der Waals surface area contributed by atoms with E-state index in [4.69, 9.17) is 9.84 Å². The van der Waals surface area contributed by atoms with Crippen LogP contribution < -0.4 is 4.74 Å². The summed E-state index contributed by atoms with van der Waals surface area (Å²) in [4.78, 5) is 10.4. The summed E-state index contributed by atoms with van der Waals surface area (Å²) in [6.45, 7) is 2.96. The molecular weight excluding hydrogens is 275 g/mol. The van der Waals surface area contributed by atoms with Crippen molar-refractivity contribution in [1.29, 1.82) is 0 Å². The molecule has 1 aromatic heterocycles. The van der Waals surface area contributed by atoms with Crippen LogP contribution >= 0.6 is 0 Å². The van der Waals surface area contributed by atoms with Crippen LogP contribution in [0.1, 0.15) is 18.1 Å². The number of halogens is 1. The van der Waals surface area contributed by atoms with Gasteiger partial charge in [-0.1, -0.05) is 6.07 Å². The molecule has 0 saturated heterocycles. The van der Waals surface area contributed by atoms with Crippen LogP contribution in [0.3, 0.4) is 0 Å². The fourth-order valence-electron chi connectivity index (χ4n) is 1.72. The zero-order valence-corrected chi connectivity index (χ0v) is 11.5. The quantitative estimate of drug-likeness (QED) is 0.831. The first-order valence-corrected chi connectivity index (χ1v) is 6.43. The molecule has 0 bridgehead atoms. The number of aromatic nitrogens is 2. The minimum absolute atomic E-state index is 0.117. The molecule has 0 saturated carbocycles. The Labute approximate surface area is 121 Å². The summed E-state index contributed by atoms with van der Waals surface area (Å²) in [5.41, 5.74) is 1.31. The topological polar surface area (TPSA) is 64.3 Å². The Morgan fingerprint density at radius 1 is 1.52 bits per heavy atom. The van der Waals surface area contributed by atoms with Gasteiger partial charge in [0.05, 0.1) is 6.20 Å². The number of nitrogens with zero attached hydrogens (tertiary/aromatic N) is 2. The summed E-state index contributed by atoms with van der Waals surface area (Å²) < 4.78 is 21.0. The number of carboxylic acid groups (broad SMARTS) is 1. The average molecular weight is 290 g/mol. The van der Waals surface area contributed by atoms with E-state index in [2.05, 4.69) is 5.10 Å². The molecule has 21 heavy (non-hydrogen) atoms. The first kappa shape index (κ1) is 14.8. The summed E-state index contributed by atoms with van der Waals surface area (Å²) in [5, 5.41) is 12.6. The van der Waals surface area contributed by atoms with Gasteiger partial charge in [-0.05, 0) is 30.7 Å². The number of ether oxygens (including phenoxy) is 1. The minimum Gasteiger partial charge on any atom is -0.486 e. The third kappa shape index (κ3) is 4.17. The number of aryl methyl sites for hydroxylation is 1. The fourth-order valence-corrected chi connectivity index (χ4v) is 1.72. The first-order chi connectivity index (χ1) is 10.1. The van der Waals surface area contributed by atoms with Gasteiger partial charge in [0.2, 0.25) is 0 Å². The Morgan fingerprint density at radius 2 is 2.33 bits per heavy atom. The molecule has 110 valence electrons. The fraction of sp³-hybridized carbons (Fsp3) is 0.200. The van der Waals surface area contributed by atoms with Crippen LogP contribution in [0.15, 0.2) is 36.7 Å². The molecule has 0 unspecified atom stereocenters. The maximum Gasteiger partial charge on any atom is 0.328 e. The Balaban J connectivity index is 2.02. The zero-order valence-electron chi connectivity index (χ0n) is 11.5. The largest absolute Gasteiger partial charge is 0.486 e. The highest BCUT2D eigenvalue weighted by atomic mass is 19.1. The van der Waals surface area contributed by atoms with Gasteiger partial charge in [0.1, 0.15) is 6.61 Å². The Bertz CT molecular complexity index is 665. The molecule has 2 rings (SSSR count). The van der Waals surface area contributed by atoms with E-state index in [0.29, 0.717) is 5.56 Å². The van der Waals surface area contributed by atoms with Crippen LogP contribution in [0, 0.1) is 5.82 Å². The number of rotatable bonds is 6. The molecule has 0 fully saturated rings. The lowest BCUT2D eigenvalue weighted by Gasteiger charge is -2.06. The molecule has 0 spiro atoms. The van der Waals surface area contributed by atoms with Gasteiger partial charge in [0, 0.05) is 24.4 Å². The van der Waals surface area contributed by atoms with Crippen molar-refractivity contribution in [2.45, 2.75) is 20.1 Å². The smallest absolute Gasteiger partial charge is 0.328 e. The van der Waals surface area contributed by atoms with Gasteiger partial charge in [0.15, 0.2) is 11.6 Å². The van der Waals surface area contributed by atoms with Gasteiger partial charge in [-0.2, -0.15) is 5.10 Å². The van der Waals surface area contributed by atoms with Crippen molar-refractivity contribution in [3.8, 4) is 5.75 Å². The number of hydrogen-bond acceptors (Lipinski definition) is 3. The van der Waals surface area contributed by atoms with Gasteiger partial charge >= 0.3 is 5.97 Å². The van der Waals surface area contributed by atoms with E-state index in [1.807, 2.05) is 13.1 Å². The van der Waals surface area contributed by atoms with Crippen LogP contribution in [0.25, 0.3) is 6.08 Å². The van der Waals surface area contributed by atoms with Crippen LogP contribution in [0.5, 0.6) is 5.75 Å². The van der Waals surface area contributed by atoms with Gasteiger partial charge in [-0.3, -0.25) is 4.68 Å². The van der Waals surface area contributed by atoms with Crippen LogP contribution in [0.2, 0.25) is 0 Å². The van der Waals surface area contributed by atoms with Crippen molar-refractivity contribution >= 4 is 12.0 Å². The molecule has 0 aliphatic rings. The van der Waals surface area contributed by atoms with Crippen LogP contribution in [-0.4, -0.2) is 20.9 Å². The van der Waals surface area contributed by atoms with Crippen molar-refractivity contribution in [2.24, 2.45) is 0 Å². The molecule has 6 heteroatoms. The molecule has 5 nitrogen and oxygen atoms in total. The SMILES string of the molecule is CCn1cc(COc2ccc(/C=C/C(=O)O)cc2F)cn1. The maximum atomic E-state index is 13.8. The number of carboxylic acids is 1. The summed E-state index contributed by atoms with van der Waals surface area (Å²) in [5.74, 6) is -1.50. The predicted octanol–water partition coefficient (Wildman–Crippen LogP) is 2.72. The minimum atomic E-state index is -1.08. The van der Waals surface area contributed by atoms with Crippen molar-refractivity contribution < 1.29 is 19.0 Å². The molecule has 0 amide bonds. The molecule has 0 aliphatic heterocycles. The molecular formula is C15H15FN2O3. The van der Waals surface area contributed by atoms with Gasteiger partial charge < -0.3 is 9.84 Å². The Morgan fingerprint density at radius 3 is 2.95 bits per heavy atom. The van der Waals surface area contributed by atoms with Crippen molar-refractivity contribution in [1.82, 2.24) is 9.78 Å². The predicted molar refractivity (Wildman–Crippen MR) is 75.3 cm³/mol. The van der Waals surface area contributed by atoms with Crippen molar-refractivity contribution in [3.05, 3.63) is 53.6 Å². The number of aliphatic carboxylic acids is 1. The zero-order chi connectivity index (χ0) is 15.2. The van der Waals surface area contributed by atoms with E-state index in [9.17, 15) is 9.18 Å². The second kappa shape index (κ2) is 6.69. The van der Waals surface area contributed by atoms with E-state index in [1.165, 1.54) is 18.2 Å². The van der Waals surface area contributed by atoms with Crippen LogP contribution in [-0.2, 0) is 17.9 Å². The van der Waals surface area contributed by atoms with Gasteiger partial charge in [0.25, 0.3) is 0 Å². The standard InChI is InChI=1S/C15H15FN2O3/c1-2-18-9-12(8-17-18)10-21-14-5-3-11(7-13(14)16)4-6-15(19)20/h3-9H,2,10H2,1H3,(H,19,20)/b6-4+. The maximum absolute atomic E-state index is 13.8. The summed E-state index contributed by atoms with van der Waals surface area (Å²) in [6, 6.07) is 4.29. The lowest BCUT2D eigenvalue weighted by Crippen LogP contribution is -1.97. The van der Waals surface area contributed by atoms with E-state index in [1.54, 1.807) is 16.9 Å². The highest BCUT2D eigenvalue weighted by Gasteiger charge is 2.05. The van der Waals surface area contributed by atoms with Crippen molar-refractivity contribution in [3.63, 3.8) is 0 Å². The third-order valence-electron chi connectivity index (χ3n) is 2.78. The van der Waals surface area contributed by atoms with E-state index >= 15 is 0 Å². The Kier molecular flexibility index (Phi) is 4.71. The lowest BCUT2D eigenvalue weighted by molar-refractivity contribution is -0.131. The van der Waals surface area contributed by atoms with E-state index in [0.717, 1.165) is 18.2 Å². The van der Waals surface area contributed by atoms with Gasteiger partial charge in [-0.15, -0.1) is 0 Å². The monoisotopic (exact) mass is 290 g/mol. The lowest BCUT2D eigenvalue weighted by atomic mass is 10.2. The molecule has 0 radical (unpaired) electrons. The Hall–Kier alpha value is -2.63. The number of hydrogen-bond donors (Lipinski definition) is 1. The highest BCUT2D eigenvalue weighted by Crippen LogP contribution is 2.20. The van der Waals surface area contributed by atoms with Crippen LogP contribution in [0.4, 0.5) is 4.39 Å². The molecule has 1 heterocycles. The third-order valence-corrected chi connectivity index (χ3v) is 2.78. The molecule has 1 aromatic carbocycles. The molecule has 0 aliphatic carbocycles. The first-order valence-electron chi connectivity index (χ1n) is 6.43. The van der Waals surface area contributed by atoms with E-state index < -0.39 is 11.8 Å². The van der Waals surface area contributed by atoms with Crippen molar-refractivity contribution in [2.75, 3.05) is 0 Å². The second-order valence-electron chi connectivity index (χ2n) is 4.35. The number of benzene rings is 1. The normalized spacial score (nSPS) is 11.0. The number of carbonyl (C=O) groups is 1. The summed E-state index contributed by atoms with van der Waals surface area (Å²) >= 11 is 0. The summed E-state index contributed by atoms with van der Waals surface area (Å²) in [7, 11) is 0. The van der Waals surface area contributed by atoms with Gasteiger partial charge in [-0.25, -0.2) is 9.18 Å².